The van der Waals surface area contributed by atoms with Crippen LogP contribution < -0.4 is 14.9 Å². The number of hydrogen-bond donors (Lipinski definition) is 1. The Labute approximate surface area is 163 Å². The van der Waals surface area contributed by atoms with Crippen LogP contribution in [0.2, 0.25) is 0 Å². The standard InChI is InChI=1S/C22H21N3O3/c1-27-20-8-7-14(9-21(20)28-2)12-24-25-22(26)18-11-17(18)16-10-15-5-3-4-6-19(15)23-13-16/h3-10,12-13,17-18H,11H2,1-2H3,(H,25,26). The van der Waals surface area contributed by atoms with Crippen LogP contribution in [0.5, 0.6) is 11.5 Å². The van der Waals surface area contributed by atoms with Gasteiger partial charge in [0, 0.05) is 17.5 Å². The van der Waals surface area contributed by atoms with Gasteiger partial charge in [-0.25, -0.2) is 5.43 Å². The molecule has 1 fully saturated rings. The van der Waals surface area contributed by atoms with E-state index in [0.29, 0.717) is 11.5 Å². The predicted molar refractivity (Wildman–Crippen MR) is 108 cm³/mol. The number of ether oxygens (including phenoxy) is 2. The molecule has 0 radical (unpaired) electrons. The lowest BCUT2D eigenvalue weighted by molar-refractivity contribution is -0.122. The summed E-state index contributed by atoms with van der Waals surface area (Å²) in [5.74, 6) is 1.33. The SMILES string of the molecule is COc1ccc(C=NNC(=O)C2CC2c2cnc3ccccc3c2)cc1OC. The van der Waals surface area contributed by atoms with Crippen LogP contribution in [0.15, 0.2) is 59.8 Å². The number of amides is 1. The van der Waals surface area contributed by atoms with Crippen molar-refractivity contribution in [1.29, 1.82) is 0 Å². The minimum atomic E-state index is -0.0742. The van der Waals surface area contributed by atoms with Gasteiger partial charge in [0.25, 0.3) is 0 Å². The molecule has 0 bridgehead atoms. The third-order valence-electron chi connectivity index (χ3n) is 4.96. The molecule has 1 heterocycles. The van der Waals surface area contributed by atoms with Crippen molar-refractivity contribution in [2.24, 2.45) is 11.0 Å². The number of methoxy groups -OCH3 is 2. The van der Waals surface area contributed by atoms with Gasteiger partial charge in [-0.1, -0.05) is 18.2 Å². The van der Waals surface area contributed by atoms with E-state index in [0.717, 1.165) is 28.5 Å². The van der Waals surface area contributed by atoms with Crippen molar-refractivity contribution in [2.45, 2.75) is 12.3 Å². The van der Waals surface area contributed by atoms with E-state index < -0.39 is 0 Å². The van der Waals surface area contributed by atoms with Gasteiger partial charge >= 0.3 is 0 Å². The molecule has 1 N–H and O–H groups in total. The zero-order chi connectivity index (χ0) is 19.5. The van der Waals surface area contributed by atoms with E-state index in [2.05, 4.69) is 21.6 Å². The summed E-state index contributed by atoms with van der Waals surface area (Å²) in [4.78, 5) is 16.9. The Hall–Kier alpha value is -3.41. The van der Waals surface area contributed by atoms with E-state index in [-0.39, 0.29) is 17.7 Å². The number of rotatable bonds is 6. The van der Waals surface area contributed by atoms with Gasteiger partial charge in [-0.2, -0.15) is 5.10 Å². The summed E-state index contributed by atoms with van der Waals surface area (Å²) < 4.78 is 10.5. The highest BCUT2D eigenvalue weighted by molar-refractivity contribution is 5.86. The molecule has 0 saturated heterocycles. The lowest BCUT2D eigenvalue weighted by Crippen LogP contribution is -2.20. The highest BCUT2D eigenvalue weighted by atomic mass is 16.5. The summed E-state index contributed by atoms with van der Waals surface area (Å²) in [5, 5.41) is 5.17. The third-order valence-corrected chi connectivity index (χ3v) is 4.96. The summed E-state index contributed by atoms with van der Waals surface area (Å²) in [6, 6.07) is 15.5. The molecule has 1 saturated carbocycles. The van der Waals surface area contributed by atoms with Gasteiger partial charge < -0.3 is 9.47 Å². The number of nitrogens with zero attached hydrogens (tertiary/aromatic N) is 2. The van der Waals surface area contributed by atoms with Crippen LogP contribution in [0.1, 0.15) is 23.5 Å². The number of carbonyl (C=O) groups is 1. The predicted octanol–water partition coefficient (Wildman–Crippen LogP) is 3.51. The smallest absolute Gasteiger partial charge is 0.243 e. The van der Waals surface area contributed by atoms with Crippen molar-refractivity contribution in [3.05, 3.63) is 65.9 Å². The van der Waals surface area contributed by atoms with Crippen LogP contribution >= 0.6 is 0 Å². The largest absolute Gasteiger partial charge is 0.493 e. The van der Waals surface area contributed by atoms with Crippen molar-refractivity contribution >= 4 is 23.0 Å². The zero-order valence-electron chi connectivity index (χ0n) is 15.8. The summed E-state index contributed by atoms with van der Waals surface area (Å²) in [6.07, 6.45) is 4.28. The Balaban J connectivity index is 1.37. The van der Waals surface area contributed by atoms with E-state index in [4.69, 9.17) is 9.47 Å². The molecule has 1 amide bonds. The molecule has 28 heavy (non-hydrogen) atoms. The first-order valence-corrected chi connectivity index (χ1v) is 9.09. The second-order valence-corrected chi connectivity index (χ2v) is 6.76. The molecule has 2 atom stereocenters. The normalized spacial score (nSPS) is 18.2. The number of carbonyl (C=O) groups excluding carboxylic acids is 1. The number of fused-ring (bicyclic) bond motifs is 1. The fourth-order valence-electron chi connectivity index (χ4n) is 3.33. The number of pyridine rings is 1. The number of aromatic nitrogens is 1. The third kappa shape index (κ3) is 3.67. The Morgan fingerprint density at radius 1 is 1.14 bits per heavy atom. The summed E-state index contributed by atoms with van der Waals surface area (Å²) in [5.41, 5.74) is 5.51. The Morgan fingerprint density at radius 3 is 2.79 bits per heavy atom. The molecular weight excluding hydrogens is 354 g/mol. The summed E-state index contributed by atoms with van der Waals surface area (Å²) >= 11 is 0. The van der Waals surface area contributed by atoms with Crippen molar-refractivity contribution in [3.63, 3.8) is 0 Å². The van der Waals surface area contributed by atoms with E-state index in [1.54, 1.807) is 32.6 Å². The Morgan fingerprint density at radius 2 is 1.96 bits per heavy atom. The molecule has 6 nitrogen and oxygen atoms in total. The molecule has 1 aliphatic carbocycles. The number of hydrogen-bond acceptors (Lipinski definition) is 5. The van der Waals surface area contributed by atoms with Crippen molar-refractivity contribution < 1.29 is 14.3 Å². The van der Waals surface area contributed by atoms with E-state index in [9.17, 15) is 4.79 Å². The Kier molecular flexibility index (Phi) is 4.93. The number of nitrogens with one attached hydrogen (secondary N) is 1. The maximum atomic E-state index is 12.4. The van der Waals surface area contributed by atoms with Crippen LogP contribution in [-0.4, -0.2) is 31.3 Å². The molecular formula is C22H21N3O3. The maximum absolute atomic E-state index is 12.4. The first-order chi connectivity index (χ1) is 13.7. The number of para-hydroxylation sites is 1. The van der Waals surface area contributed by atoms with Crippen molar-refractivity contribution in [3.8, 4) is 11.5 Å². The molecule has 6 heteroatoms. The first-order valence-electron chi connectivity index (χ1n) is 9.09. The molecule has 4 rings (SSSR count). The molecule has 2 aromatic carbocycles. The highest BCUT2D eigenvalue weighted by Crippen LogP contribution is 2.47. The fourth-order valence-corrected chi connectivity index (χ4v) is 3.33. The lowest BCUT2D eigenvalue weighted by Gasteiger charge is -2.07. The zero-order valence-corrected chi connectivity index (χ0v) is 15.8. The lowest BCUT2D eigenvalue weighted by atomic mass is 10.1. The second kappa shape index (κ2) is 7.68. The molecule has 3 aromatic rings. The monoisotopic (exact) mass is 375 g/mol. The molecule has 2 unspecified atom stereocenters. The van der Waals surface area contributed by atoms with Crippen LogP contribution in [0, 0.1) is 5.92 Å². The van der Waals surface area contributed by atoms with Crippen LogP contribution in [0.3, 0.4) is 0 Å². The second-order valence-electron chi connectivity index (χ2n) is 6.76. The first kappa shape index (κ1) is 18.0. The highest BCUT2D eigenvalue weighted by Gasteiger charge is 2.44. The van der Waals surface area contributed by atoms with E-state index in [1.165, 1.54) is 0 Å². The molecule has 0 spiro atoms. The average Bonchev–Trinajstić information content (AvgIpc) is 3.54. The van der Waals surface area contributed by atoms with E-state index in [1.807, 2.05) is 36.5 Å². The van der Waals surface area contributed by atoms with Crippen molar-refractivity contribution in [2.75, 3.05) is 14.2 Å². The quantitative estimate of drug-likeness (QED) is 0.529. The van der Waals surface area contributed by atoms with Gasteiger partial charge in [0.1, 0.15) is 0 Å². The van der Waals surface area contributed by atoms with Gasteiger partial charge in [0.2, 0.25) is 5.91 Å². The molecule has 0 aliphatic heterocycles. The molecule has 1 aliphatic rings. The van der Waals surface area contributed by atoms with Gasteiger partial charge in [-0.15, -0.1) is 0 Å². The molecule has 142 valence electrons. The van der Waals surface area contributed by atoms with Crippen LogP contribution in [0.4, 0.5) is 0 Å². The summed E-state index contributed by atoms with van der Waals surface area (Å²) in [6.45, 7) is 0. The van der Waals surface area contributed by atoms with E-state index >= 15 is 0 Å². The molecule has 1 aromatic heterocycles. The van der Waals surface area contributed by atoms with Crippen molar-refractivity contribution in [1.82, 2.24) is 10.4 Å². The van der Waals surface area contributed by atoms with Crippen LogP contribution in [-0.2, 0) is 4.79 Å². The maximum Gasteiger partial charge on any atom is 0.243 e. The average molecular weight is 375 g/mol. The summed E-state index contributed by atoms with van der Waals surface area (Å²) in [7, 11) is 3.17. The van der Waals surface area contributed by atoms with Gasteiger partial charge in [0.15, 0.2) is 11.5 Å². The number of hydrazone groups is 1. The number of benzene rings is 2. The fraction of sp³-hybridized carbons (Fsp3) is 0.227. The minimum absolute atomic E-state index is 0.0643. The van der Waals surface area contributed by atoms with Gasteiger partial charge in [-0.3, -0.25) is 9.78 Å². The van der Waals surface area contributed by atoms with Gasteiger partial charge in [-0.05, 0) is 53.8 Å². The minimum Gasteiger partial charge on any atom is -0.493 e. The Bertz CT molecular complexity index is 1050. The van der Waals surface area contributed by atoms with Gasteiger partial charge in [0.05, 0.1) is 26.0 Å². The van der Waals surface area contributed by atoms with Crippen LogP contribution in [0.25, 0.3) is 10.9 Å². The topological polar surface area (TPSA) is 72.8 Å².